The number of aryl methyl sites for hydroxylation is 1. The number of hydrogen-bond donors (Lipinski definition) is 0. The minimum atomic E-state index is 0.282. The second-order valence-electron chi connectivity index (χ2n) is 7.17. The Hall–Kier alpha value is -1.31. The molecule has 3 rings (SSSR count). The predicted octanol–water partition coefficient (Wildman–Crippen LogP) is 4.78. The lowest BCUT2D eigenvalue weighted by Gasteiger charge is -2.43. The third-order valence-corrected chi connectivity index (χ3v) is 5.73. The van der Waals surface area contributed by atoms with Crippen LogP contribution in [0.2, 0.25) is 0 Å². The van der Waals surface area contributed by atoms with E-state index in [1.165, 1.54) is 36.8 Å². The van der Waals surface area contributed by atoms with Crippen molar-refractivity contribution in [3.8, 4) is 0 Å². The molecular formula is C20H29NO. The summed E-state index contributed by atoms with van der Waals surface area (Å²) >= 11 is 0. The fraction of sp³-hybridized carbons (Fsp3) is 0.650. The normalized spacial score (nSPS) is 23.1. The van der Waals surface area contributed by atoms with E-state index in [-0.39, 0.29) is 5.91 Å². The second-order valence-corrected chi connectivity index (χ2v) is 7.17. The van der Waals surface area contributed by atoms with Crippen molar-refractivity contribution in [3.63, 3.8) is 0 Å². The van der Waals surface area contributed by atoms with Gasteiger partial charge in [-0.25, -0.2) is 0 Å². The Kier molecular flexibility index (Phi) is 4.56. The van der Waals surface area contributed by atoms with E-state index in [2.05, 4.69) is 43.9 Å². The first-order valence-electron chi connectivity index (χ1n) is 9.10. The first-order valence-corrected chi connectivity index (χ1v) is 9.10. The molecule has 1 aliphatic heterocycles. The Balaban J connectivity index is 1.94. The number of carbonyl (C=O) groups is 1. The molecule has 3 atom stereocenters. The van der Waals surface area contributed by atoms with Gasteiger partial charge in [0.05, 0.1) is 0 Å². The summed E-state index contributed by atoms with van der Waals surface area (Å²) in [5.74, 6) is 1.44. The SMILES string of the molecule is CCCC(C)C(CC)N1CC2CCCc3cccc(c32)C1=O. The van der Waals surface area contributed by atoms with Gasteiger partial charge < -0.3 is 4.90 Å². The van der Waals surface area contributed by atoms with E-state index in [1.807, 2.05) is 0 Å². The number of amides is 1. The zero-order valence-electron chi connectivity index (χ0n) is 14.3. The Morgan fingerprint density at radius 2 is 2.14 bits per heavy atom. The van der Waals surface area contributed by atoms with Crippen molar-refractivity contribution < 1.29 is 4.79 Å². The molecule has 1 amide bonds. The van der Waals surface area contributed by atoms with Crippen LogP contribution in [0.15, 0.2) is 18.2 Å². The average Bonchev–Trinajstić information content (AvgIpc) is 2.53. The van der Waals surface area contributed by atoms with E-state index < -0.39 is 0 Å². The number of carbonyl (C=O) groups excluding carboxylic acids is 1. The zero-order valence-corrected chi connectivity index (χ0v) is 14.3. The van der Waals surface area contributed by atoms with Gasteiger partial charge in [0.25, 0.3) is 5.91 Å². The minimum Gasteiger partial charge on any atom is -0.335 e. The molecule has 2 aliphatic rings. The van der Waals surface area contributed by atoms with Crippen molar-refractivity contribution in [2.24, 2.45) is 5.92 Å². The molecule has 0 saturated heterocycles. The fourth-order valence-corrected chi connectivity index (χ4v) is 4.70. The summed E-state index contributed by atoms with van der Waals surface area (Å²) in [6, 6.07) is 6.76. The highest BCUT2D eigenvalue weighted by Crippen LogP contribution is 2.40. The molecule has 1 heterocycles. The first-order chi connectivity index (χ1) is 10.7. The molecule has 0 bridgehead atoms. The van der Waals surface area contributed by atoms with Crippen LogP contribution in [0.25, 0.3) is 0 Å². The second kappa shape index (κ2) is 6.44. The largest absolute Gasteiger partial charge is 0.335 e. The van der Waals surface area contributed by atoms with Crippen LogP contribution in [0, 0.1) is 5.92 Å². The summed E-state index contributed by atoms with van der Waals surface area (Å²) in [4.78, 5) is 15.3. The van der Waals surface area contributed by atoms with Crippen LogP contribution in [0.5, 0.6) is 0 Å². The molecule has 22 heavy (non-hydrogen) atoms. The third-order valence-electron chi connectivity index (χ3n) is 5.73. The van der Waals surface area contributed by atoms with E-state index in [9.17, 15) is 4.79 Å². The fourth-order valence-electron chi connectivity index (χ4n) is 4.70. The maximum absolute atomic E-state index is 13.1. The van der Waals surface area contributed by atoms with Crippen LogP contribution >= 0.6 is 0 Å². The summed E-state index contributed by atoms with van der Waals surface area (Å²) in [6.07, 6.45) is 7.13. The van der Waals surface area contributed by atoms with E-state index in [1.54, 1.807) is 0 Å². The van der Waals surface area contributed by atoms with E-state index >= 15 is 0 Å². The van der Waals surface area contributed by atoms with E-state index in [4.69, 9.17) is 0 Å². The van der Waals surface area contributed by atoms with Crippen LogP contribution in [0.4, 0.5) is 0 Å². The minimum absolute atomic E-state index is 0.282. The summed E-state index contributed by atoms with van der Waals surface area (Å²) in [5, 5.41) is 0. The van der Waals surface area contributed by atoms with Gasteiger partial charge >= 0.3 is 0 Å². The Labute approximate surface area is 134 Å². The van der Waals surface area contributed by atoms with Gasteiger partial charge in [0.2, 0.25) is 0 Å². The molecule has 0 aromatic heterocycles. The number of benzene rings is 1. The molecule has 0 N–H and O–H groups in total. The smallest absolute Gasteiger partial charge is 0.254 e. The topological polar surface area (TPSA) is 20.3 Å². The van der Waals surface area contributed by atoms with Crippen LogP contribution in [-0.4, -0.2) is 23.4 Å². The molecule has 0 spiro atoms. The lowest BCUT2D eigenvalue weighted by molar-refractivity contribution is 0.0544. The van der Waals surface area contributed by atoms with Gasteiger partial charge in [-0.15, -0.1) is 0 Å². The highest BCUT2D eigenvalue weighted by Gasteiger charge is 2.38. The van der Waals surface area contributed by atoms with E-state index in [0.717, 1.165) is 24.9 Å². The zero-order chi connectivity index (χ0) is 15.7. The maximum Gasteiger partial charge on any atom is 0.254 e. The predicted molar refractivity (Wildman–Crippen MR) is 91.3 cm³/mol. The standard InChI is InChI=1S/C20H29NO/c1-4-8-14(3)18(5-2)21-13-16-11-6-9-15-10-7-12-17(19(15)16)20(21)22/h7,10,12,14,16,18H,4-6,8-9,11,13H2,1-3H3. The van der Waals surface area contributed by atoms with Crippen LogP contribution < -0.4 is 0 Å². The molecule has 2 heteroatoms. The lowest BCUT2D eigenvalue weighted by Crippen LogP contribution is -2.49. The number of hydrogen-bond acceptors (Lipinski definition) is 1. The summed E-state index contributed by atoms with van der Waals surface area (Å²) in [5.41, 5.74) is 3.81. The van der Waals surface area contributed by atoms with Crippen molar-refractivity contribution in [3.05, 3.63) is 34.9 Å². The van der Waals surface area contributed by atoms with Crippen LogP contribution in [-0.2, 0) is 6.42 Å². The van der Waals surface area contributed by atoms with Gasteiger partial charge in [-0.1, -0.05) is 39.3 Å². The Morgan fingerprint density at radius 3 is 2.86 bits per heavy atom. The van der Waals surface area contributed by atoms with Gasteiger partial charge in [-0.3, -0.25) is 4.79 Å². The molecule has 120 valence electrons. The van der Waals surface area contributed by atoms with Crippen LogP contribution in [0.1, 0.15) is 80.3 Å². The monoisotopic (exact) mass is 299 g/mol. The first kappa shape index (κ1) is 15.6. The van der Waals surface area contributed by atoms with Crippen molar-refractivity contribution >= 4 is 5.91 Å². The Morgan fingerprint density at radius 1 is 1.32 bits per heavy atom. The van der Waals surface area contributed by atoms with Crippen molar-refractivity contribution in [2.75, 3.05) is 6.54 Å². The van der Waals surface area contributed by atoms with Gasteiger partial charge in [-0.2, -0.15) is 0 Å². The third kappa shape index (κ3) is 2.57. The molecule has 1 aromatic carbocycles. The molecule has 3 unspecified atom stereocenters. The Bertz CT molecular complexity index is 551. The molecule has 0 saturated carbocycles. The molecular weight excluding hydrogens is 270 g/mol. The number of rotatable bonds is 5. The molecule has 1 aromatic rings. The van der Waals surface area contributed by atoms with Gasteiger partial charge in [-0.05, 0) is 55.2 Å². The highest BCUT2D eigenvalue weighted by atomic mass is 16.2. The van der Waals surface area contributed by atoms with Gasteiger partial charge in [0.1, 0.15) is 0 Å². The lowest BCUT2D eigenvalue weighted by atomic mass is 9.76. The molecule has 0 fully saturated rings. The molecule has 1 aliphatic carbocycles. The summed E-state index contributed by atoms with van der Waals surface area (Å²) < 4.78 is 0. The summed E-state index contributed by atoms with van der Waals surface area (Å²) in [7, 11) is 0. The van der Waals surface area contributed by atoms with Crippen molar-refractivity contribution in [2.45, 2.75) is 71.3 Å². The van der Waals surface area contributed by atoms with Crippen molar-refractivity contribution in [1.82, 2.24) is 4.90 Å². The molecule has 0 radical (unpaired) electrons. The summed E-state index contributed by atoms with van der Waals surface area (Å²) in [6.45, 7) is 7.73. The van der Waals surface area contributed by atoms with Crippen LogP contribution in [0.3, 0.4) is 0 Å². The van der Waals surface area contributed by atoms with Gasteiger partial charge in [0.15, 0.2) is 0 Å². The van der Waals surface area contributed by atoms with Gasteiger partial charge in [0, 0.05) is 24.1 Å². The quantitative estimate of drug-likeness (QED) is 0.766. The average molecular weight is 299 g/mol. The maximum atomic E-state index is 13.1. The van der Waals surface area contributed by atoms with E-state index in [0.29, 0.717) is 17.9 Å². The van der Waals surface area contributed by atoms with Crippen molar-refractivity contribution in [1.29, 1.82) is 0 Å². The molecule has 2 nitrogen and oxygen atoms in total. The number of nitrogens with zero attached hydrogens (tertiary/aromatic N) is 1. The highest BCUT2D eigenvalue weighted by molar-refractivity contribution is 5.97.